The molecule has 2 aromatic carbocycles. The number of allylic oxidation sites excluding steroid dienone is 2. The zero-order chi connectivity index (χ0) is 23.6. The Morgan fingerprint density at radius 3 is 2.88 bits per heavy atom. The van der Waals surface area contributed by atoms with Gasteiger partial charge in [-0.05, 0) is 41.2 Å². The van der Waals surface area contributed by atoms with E-state index in [0.29, 0.717) is 31.4 Å². The van der Waals surface area contributed by atoms with Crippen LogP contribution in [0.4, 0.5) is 5.95 Å². The van der Waals surface area contributed by atoms with Gasteiger partial charge in [0.2, 0.25) is 11.8 Å². The molecule has 0 radical (unpaired) electrons. The molecule has 1 aliphatic carbocycles. The number of benzene rings is 2. The normalized spacial score (nSPS) is 25.6. The van der Waals surface area contributed by atoms with Crippen LogP contribution in [0.3, 0.4) is 0 Å². The van der Waals surface area contributed by atoms with Crippen LogP contribution in [0.5, 0.6) is 0 Å². The lowest BCUT2D eigenvalue weighted by atomic mass is 9.71. The molecule has 3 aliphatic rings. The van der Waals surface area contributed by atoms with Crippen molar-refractivity contribution in [2.24, 2.45) is 17.1 Å². The predicted octanol–water partition coefficient (Wildman–Crippen LogP) is 3.95. The number of anilines is 1. The van der Waals surface area contributed by atoms with E-state index in [0.717, 1.165) is 27.8 Å². The van der Waals surface area contributed by atoms with Gasteiger partial charge in [0, 0.05) is 36.4 Å². The van der Waals surface area contributed by atoms with Crippen LogP contribution in [-0.4, -0.2) is 33.3 Å². The highest BCUT2D eigenvalue weighted by molar-refractivity contribution is 6.30. The summed E-state index contributed by atoms with van der Waals surface area (Å²) in [6.45, 7) is 5.84. The van der Waals surface area contributed by atoms with E-state index in [2.05, 4.69) is 58.5 Å². The number of rotatable bonds is 3. The average molecular weight is 475 g/mol. The summed E-state index contributed by atoms with van der Waals surface area (Å²) in [6, 6.07) is 14.3. The highest BCUT2D eigenvalue weighted by Gasteiger charge is 2.50. The smallest absolute Gasteiger partial charge is 0.289 e. The first-order chi connectivity index (χ1) is 16.4. The molecule has 0 spiro atoms. The number of hydrogen-bond donors (Lipinski definition) is 2. The molecule has 34 heavy (non-hydrogen) atoms. The number of carbonyl (C=O) groups is 1. The molecule has 174 valence electrons. The highest BCUT2D eigenvalue weighted by atomic mass is 35.5. The van der Waals surface area contributed by atoms with E-state index >= 15 is 0 Å². The Balaban J connectivity index is 1.34. The summed E-state index contributed by atoms with van der Waals surface area (Å²) >= 11 is 6.85. The molecular formula is C26H27ClN6O. The van der Waals surface area contributed by atoms with E-state index in [4.69, 9.17) is 17.3 Å². The Labute approximate surface area is 203 Å². The number of aromatic nitrogens is 3. The summed E-state index contributed by atoms with van der Waals surface area (Å²) in [5, 5.41) is 14.9. The quantitative estimate of drug-likeness (QED) is 0.600. The average Bonchev–Trinajstić information content (AvgIpc) is 3.24. The Morgan fingerprint density at radius 1 is 1.24 bits per heavy atom. The minimum atomic E-state index is -0.441. The summed E-state index contributed by atoms with van der Waals surface area (Å²) < 4.78 is 1.89. The zero-order valence-corrected chi connectivity index (χ0v) is 20.0. The minimum Gasteiger partial charge on any atom is -0.345 e. The van der Waals surface area contributed by atoms with Crippen molar-refractivity contribution in [3.05, 3.63) is 76.2 Å². The van der Waals surface area contributed by atoms with Crippen LogP contribution in [0.25, 0.3) is 10.8 Å². The number of nitrogens with zero attached hydrogens (tertiary/aromatic N) is 4. The molecule has 3 unspecified atom stereocenters. The monoisotopic (exact) mass is 474 g/mol. The minimum absolute atomic E-state index is 0.0115. The van der Waals surface area contributed by atoms with Crippen LogP contribution in [0.1, 0.15) is 36.5 Å². The van der Waals surface area contributed by atoms with E-state index in [1.54, 1.807) is 0 Å². The molecule has 1 amide bonds. The second-order valence-electron chi connectivity index (χ2n) is 9.81. The van der Waals surface area contributed by atoms with Gasteiger partial charge in [-0.3, -0.25) is 9.36 Å². The summed E-state index contributed by atoms with van der Waals surface area (Å²) in [5.74, 6) is 0.921. The van der Waals surface area contributed by atoms with Crippen molar-refractivity contribution in [1.29, 1.82) is 0 Å². The maximum absolute atomic E-state index is 13.3. The van der Waals surface area contributed by atoms with Gasteiger partial charge < -0.3 is 16.0 Å². The predicted molar refractivity (Wildman–Crippen MR) is 133 cm³/mol. The second-order valence-corrected chi connectivity index (χ2v) is 10.2. The van der Waals surface area contributed by atoms with Gasteiger partial charge in [0.05, 0.1) is 5.41 Å². The molecule has 7 nitrogen and oxygen atoms in total. The lowest BCUT2D eigenvalue weighted by molar-refractivity contribution is 0.0933. The summed E-state index contributed by atoms with van der Waals surface area (Å²) in [4.78, 5) is 15.4. The molecule has 3 N–H and O–H groups in total. The van der Waals surface area contributed by atoms with Gasteiger partial charge in [0.1, 0.15) is 0 Å². The van der Waals surface area contributed by atoms with Crippen LogP contribution in [-0.2, 0) is 13.1 Å². The summed E-state index contributed by atoms with van der Waals surface area (Å²) in [6.07, 6.45) is 2.96. The van der Waals surface area contributed by atoms with Gasteiger partial charge in [-0.25, -0.2) is 0 Å². The van der Waals surface area contributed by atoms with Crippen molar-refractivity contribution >= 4 is 34.2 Å². The SMILES string of the molecule is CC1C=C(Cl)C2(C)Cn3c(C(=O)NCc4cccc5ccccc45)nnc3N3CC(N)CC1=C32. The number of nitrogens with one attached hydrogen (secondary N) is 1. The molecule has 6 rings (SSSR count). The van der Waals surface area contributed by atoms with Crippen molar-refractivity contribution in [3.63, 3.8) is 0 Å². The molecule has 0 fully saturated rings. The van der Waals surface area contributed by atoms with Crippen molar-refractivity contribution in [1.82, 2.24) is 20.1 Å². The Kier molecular flexibility index (Phi) is 4.83. The van der Waals surface area contributed by atoms with Gasteiger partial charge >= 0.3 is 0 Å². The van der Waals surface area contributed by atoms with E-state index in [9.17, 15) is 4.79 Å². The Morgan fingerprint density at radius 2 is 2.03 bits per heavy atom. The summed E-state index contributed by atoms with van der Waals surface area (Å²) in [5.41, 5.74) is 9.53. The fourth-order valence-corrected chi connectivity index (χ4v) is 6.11. The molecule has 8 heteroatoms. The van der Waals surface area contributed by atoms with E-state index < -0.39 is 5.41 Å². The van der Waals surface area contributed by atoms with Crippen molar-refractivity contribution in [2.45, 2.75) is 39.4 Å². The third-order valence-corrected chi connectivity index (χ3v) is 7.98. The summed E-state index contributed by atoms with van der Waals surface area (Å²) in [7, 11) is 0. The fraction of sp³-hybridized carbons (Fsp3) is 0.346. The molecule has 0 saturated carbocycles. The van der Waals surface area contributed by atoms with Crippen LogP contribution in [0.2, 0.25) is 0 Å². The van der Waals surface area contributed by atoms with Crippen LogP contribution >= 0.6 is 11.6 Å². The molecular weight excluding hydrogens is 448 g/mol. The molecule has 2 aliphatic heterocycles. The van der Waals surface area contributed by atoms with Gasteiger partial charge in [0.25, 0.3) is 5.91 Å². The van der Waals surface area contributed by atoms with Gasteiger partial charge in [-0.2, -0.15) is 0 Å². The number of amides is 1. The lowest BCUT2D eigenvalue weighted by Gasteiger charge is -2.51. The lowest BCUT2D eigenvalue weighted by Crippen LogP contribution is -2.53. The number of halogens is 1. The van der Waals surface area contributed by atoms with Crippen LogP contribution in [0.15, 0.2) is 64.8 Å². The van der Waals surface area contributed by atoms with E-state index in [1.165, 1.54) is 11.3 Å². The maximum Gasteiger partial charge on any atom is 0.289 e. The van der Waals surface area contributed by atoms with Crippen molar-refractivity contribution in [2.75, 3.05) is 11.4 Å². The molecule has 0 bridgehead atoms. The molecule has 3 heterocycles. The Hall–Kier alpha value is -3.16. The largest absolute Gasteiger partial charge is 0.345 e. The maximum atomic E-state index is 13.3. The third-order valence-electron chi connectivity index (χ3n) is 7.44. The standard InChI is InChI=1S/C26H27ClN6O/c1-15-10-21(27)26(2)14-33-23(30-31-25(33)32-13-18(28)11-20(15)22(26)32)24(34)29-12-17-8-5-7-16-6-3-4-9-19(16)17/h3-10,15,18H,11-14,28H2,1-2H3,(H,29,34). The fourth-order valence-electron chi connectivity index (χ4n) is 5.77. The van der Waals surface area contributed by atoms with Gasteiger partial charge in [0.15, 0.2) is 0 Å². The van der Waals surface area contributed by atoms with Crippen molar-refractivity contribution in [3.8, 4) is 0 Å². The van der Waals surface area contributed by atoms with Crippen LogP contribution < -0.4 is 16.0 Å². The second kappa shape index (κ2) is 7.68. The number of carbonyl (C=O) groups excluding carboxylic acids is 1. The number of fused-ring (bicyclic) bond motifs is 3. The first-order valence-electron chi connectivity index (χ1n) is 11.7. The van der Waals surface area contributed by atoms with Gasteiger partial charge in [-0.15, -0.1) is 10.2 Å². The number of nitrogens with two attached hydrogens (primary N) is 1. The van der Waals surface area contributed by atoms with Gasteiger partial charge in [-0.1, -0.05) is 67.1 Å². The van der Waals surface area contributed by atoms with Crippen LogP contribution in [0, 0.1) is 11.3 Å². The third kappa shape index (κ3) is 3.11. The Bertz CT molecular complexity index is 1390. The van der Waals surface area contributed by atoms with E-state index in [1.807, 2.05) is 28.8 Å². The first kappa shape index (κ1) is 21.4. The number of hydrogen-bond acceptors (Lipinski definition) is 5. The van der Waals surface area contributed by atoms with Crippen molar-refractivity contribution < 1.29 is 4.79 Å². The molecule has 0 saturated heterocycles. The topological polar surface area (TPSA) is 89.1 Å². The zero-order valence-electron chi connectivity index (χ0n) is 19.3. The first-order valence-corrected chi connectivity index (χ1v) is 12.1. The highest BCUT2D eigenvalue weighted by Crippen LogP contribution is 2.53. The molecule has 3 atom stereocenters. The molecule has 1 aromatic heterocycles. The van der Waals surface area contributed by atoms with E-state index in [-0.39, 0.29) is 17.9 Å². The molecule has 3 aromatic rings.